The number of carbonyl (C=O) groups excluding carboxylic acids is 2. The number of hydrogen-bond acceptors (Lipinski definition) is 3. The molecule has 0 N–H and O–H groups in total. The molecule has 2 aliphatic heterocycles. The summed E-state index contributed by atoms with van der Waals surface area (Å²) in [6, 6.07) is 8.18. The SMILES string of the molecule is Cc1cccc(CC(=O)N2CCC3(CC2)C[C@H]3C(=O)N2C[C@@H](C)O[C@@H](C)C2)c1. The number of likely N-dealkylation sites (tertiary alicyclic amines) is 1. The van der Waals surface area contributed by atoms with Crippen LogP contribution in [0.2, 0.25) is 0 Å². The second-order valence-electron chi connectivity index (χ2n) is 9.17. The van der Waals surface area contributed by atoms with Gasteiger partial charge in [-0.2, -0.15) is 0 Å². The molecule has 0 aromatic heterocycles. The lowest BCUT2D eigenvalue weighted by Crippen LogP contribution is -2.49. The van der Waals surface area contributed by atoms with E-state index >= 15 is 0 Å². The van der Waals surface area contributed by atoms with Gasteiger partial charge in [-0.1, -0.05) is 29.8 Å². The summed E-state index contributed by atoms with van der Waals surface area (Å²) in [4.78, 5) is 29.7. The van der Waals surface area contributed by atoms with Crippen LogP contribution >= 0.6 is 0 Å². The summed E-state index contributed by atoms with van der Waals surface area (Å²) in [6.07, 6.45) is 3.61. The Bertz CT molecular complexity index is 744. The van der Waals surface area contributed by atoms with Gasteiger partial charge in [0.15, 0.2) is 0 Å². The van der Waals surface area contributed by atoms with Crippen molar-refractivity contribution in [3.8, 4) is 0 Å². The first kappa shape index (κ1) is 19.4. The van der Waals surface area contributed by atoms with Gasteiger partial charge in [0.1, 0.15) is 0 Å². The van der Waals surface area contributed by atoms with Crippen LogP contribution in [-0.4, -0.2) is 60.0 Å². The molecule has 28 heavy (non-hydrogen) atoms. The van der Waals surface area contributed by atoms with Crippen molar-refractivity contribution in [2.75, 3.05) is 26.2 Å². The Labute approximate surface area is 168 Å². The van der Waals surface area contributed by atoms with E-state index < -0.39 is 0 Å². The van der Waals surface area contributed by atoms with Crippen LogP contribution in [0.25, 0.3) is 0 Å². The molecule has 1 spiro atoms. The van der Waals surface area contributed by atoms with E-state index in [1.807, 2.05) is 35.8 Å². The topological polar surface area (TPSA) is 49.9 Å². The minimum absolute atomic E-state index is 0.114. The van der Waals surface area contributed by atoms with Crippen LogP contribution in [0, 0.1) is 18.3 Å². The number of ether oxygens (including phenoxy) is 1. The number of rotatable bonds is 3. The van der Waals surface area contributed by atoms with E-state index in [2.05, 4.69) is 19.1 Å². The Morgan fingerprint density at radius 3 is 2.43 bits per heavy atom. The highest BCUT2D eigenvalue weighted by molar-refractivity contribution is 5.83. The first-order valence-electron chi connectivity index (χ1n) is 10.6. The molecule has 0 unspecified atom stereocenters. The summed E-state index contributed by atoms with van der Waals surface area (Å²) in [5, 5.41) is 0. The molecule has 3 fully saturated rings. The number of aryl methyl sites for hydroxylation is 1. The average Bonchev–Trinajstić information content (AvgIpc) is 3.34. The first-order chi connectivity index (χ1) is 13.4. The molecule has 2 saturated heterocycles. The average molecular weight is 385 g/mol. The Hall–Kier alpha value is -1.88. The second-order valence-corrected chi connectivity index (χ2v) is 9.17. The van der Waals surface area contributed by atoms with E-state index in [0.29, 0.717) is 25.4 Å². The molecule has 2 amide bonds. The molecule has 3 atom stereocenters. The van der Waals surface area contributed by atoms with Gasteiger partial charge in [0, 0.05) is 32.1 Å². The molecule has 1 aromatic rings. The molecule has 2 heterocycles. The van der Waals surface area contributed by atoms with Gasteiger partial charge >= 0.3 is 0 Å². The van der Waals surface area contributed by atoms with E-state index in [9.17, 15) is 9.59 Å². The second kappa shape index (κ2) is 7.51. The van der Waals surface area contributed by atoms with Gasteiger partial charge in [-0.25, -0.2) is 0 Å². The lowest BCUT2D eigenvalue weighted by molar-refractivity contribution is -0.145. The van der Waals surface area contributed by atoms with Crippen LogP contribution in [0.15, 0.2) is 24.3 Å². The molecule has 4 rings (SSSR count). The smallest absolute Gasteiger partial charge is 0.226 e. The molecule has 152 valence electrons. The Morgan fingerprint density at radius 1 is 1.11 bits per heavy atom. The van der Waals surface area contributed by atoms with E-state index in [4.69, 9.17) is 4.74 Å². The van der Waals surface area contributed by atoms with Crippen LogP contribution in [0.1, 0.15) is 44.2 Å². The van der Waals surface area contributed by atoms with Gasteiger partial charge in [-0.3, -0.25) is 9.59 Å². The zero-order valence-electron chi connectivity index (χ0n) is 17.3. The first-order valence-corrected chi connectivity index (χ1v) is 10.6. The number of amides is 2. The zero-order valence-corrected chi connectivity index (χ0v) is 17.3. The maximum atomic E-state index is 13.0. The monoisotopic (exact) mass is 384 g/mol. The molecule has 0 radical (unpaired) electrons. The maximum Gasteiger partial charge on any atom is 0.226 e. The predicted molar refractivity (Wildman–Crippen MR) is 108 cm³/mol. The summed E-state index contributed by atoms with van der Waals surface area (Å²) in [5.74, 6) is 0.667. The largest absolute Gasteiger partial charge is 0.372 e. The standard InChI is InChI=1S/C23H32N2O3/c1-16-5-4-6-19(11-16)12-21(26)24-9-7-23(8-10-24)13-20(23)22(27)25-14-17(2)28-18(3)15-25/h4-6,11,17-18,20H,7-10,12-15H2,1-3H3/t17-,18+,20-/m0/s1. The lowest BCUT2D eigenvalue weighted by atomic mass is 9.90. The summed E-state index contributed by atoms with van der Waals surface area (Å²) >= 11 is 0. The fourth-order valence-corrected chi connectivity index (χ4v) is 5.14. The summed E-state index contributed by atoms with van der Waals surface area (Å²) in [5.41, 5.74) is 2.41. The minimum atomic E-state index is 0.114. The van der Waals surface area contributed by atoms with Crippen molar-refractivity contribution in [1.29, 1.82) is 0 Å². The number of morpholine rings is 1. The van der Waals surface area contributed by atoms with Gasteiger partial charge in [0.05, 0.1) is 18.6 Å². The van der Waals surface area contributed by atoms with Crippen molar-refractivity contribution >= 4 is 11.8 Å². The number of nitrogens with zero attached hydrogens (tertiary/aromatic N) is 2. The van der Waals surface area contributed by atoms with Gasteiger partial charge in [0.25, 0.3) is 0 Å². The van der Waals surface area contributed by atoms with Crippen molar-refractivity contribution in [2.45, 2.75) is 58.7 Å². The third-order valence-electron chi connectivity index (χ3n) is 6.77. The van der Waals surface area contributed by atoms with Crippen molar-refractivity contribution < 1.29 is 14.3 Å². The Morgan fingerprint density at radius 2 is 1.79 bits per heavy atom. The Kier molecular flexibility index (Phi) is 5.21. The van der Waals surface area contributed by atoms with Crippen LogP contribution in [0.5, 0.6) is 0 Å². The van der Waals surface area contributed by atoms with Gasteiger partial charge in [0.2, 0.25) is 11.8 Å². The van der Waals surface area contributed by atoms with Crippen LogP contribution in [-0.2, 0) is 20.7 Å². The summed E-state index contributed by atoms with van der Waals surface area (Å²) < 4.78 is 5.76. The van der Waals surface area contributed by atoms with E-state index in [-0.39, 0.29) is 29.4 Å². The molecule has 0 bridgehead atoms. The highest BCUT2D eigenvalue weighted by atomic mass is 16.5. The quantitative estimate of drug-likeness (QED) is 0.805. The third-order valence-corrected chi connectivity index (χ3v) is 6.77. The number of carbonyl (C=O) groups is 2. The van der Waals surface area contributed by atoms with Gasteiger partial charge in [-0.05, 0) is 51.0 Å². The third kappa shape index (κ3) is 3.95. The van der Waals surface area contributed by atoms with Crippen LogP contribution < -0.4 is 0 Å². The van der Waals surface area contributed by atoms with E-state index in [0.717, 1.165) is 37.9 Å². The van der Waals surface area contributed by atoms with Crippen molar-refractivity contribution in [2.24, 2.45) is 11.3 Å². The number of hydrogen-bond donors (Lipinski definition) is 0. The molecule has 1 aromatic carbocycles. The molecular formula is C23H32N2O3. The van der Waals surface area contributed by atoms with Crippen molar-refractivity contribution in [3.05, 3.63) is 35.4 Å². The van der Waals surface area contributed by atoms with E-state index in [1.54, 1.807) is 0 Å². The molecule has 1 aliphatic carbocycles. The maximum absolute atomic E-state index is 13.0. The molecule has 5 heteroatoms. The summed E-state index contributed by atoms with van der Waals surface area (Å²) in [6.45, 7) is 9.11. The highest BCUT2D eigenvalue weighted by Gasteiger charge is 2.59. The zero-order chi connectivity index (χ0) is 19.9. The van der Waals surface area contributed by atoms with Crippen molar-refractivity contribution in [1.82, 2.24) is 9.80 Å². The number of benzene rings is 1. The Balaban J connectivity index is 1.30. The molecule has 3 aliphatic rings. The van der Waals surface area contributed by atoms with Gasteiger partial charge < -0.3 is 14.5 Å². The fourth-order valence-electron chi connectivity index (χ4n) is 5.14. The molecule has 1 saturated carbocycles. The van der Waals surface area contributed by atoms with Crippen LogP contribution in [0.3, 0.4) is 0 Å². The van der Waals surface area contributed by atoms with Crippen LogP contribution in [0.4, 0.5) is 0 Å². The minimum Gasteiger partial charge on any atom is -0.372 e. The normalized spacial score (nSPS) is 29.0. The van der Waals surface area contributed by atoms with Gasteiger partial charge in [-0.15, -0.1) is 0 Å². The highest BCUT2D eigenvalue weighted by Crippen LogP contribution is 2.60. The number of piperidine rings is 1. The lowest BCUT2D eigenvalue weighted by Gasteiger charge is -2.37. The fraction of sp³-hybridized carbons (Fsp3) is 0.652. The predicted octanol–water partition coefficient (Wildman–Crippen LogP) is 2.80. The summed E-state index contributed by atoms with van der Waals surface area (Å²) in [7, 11) is 0. The molecular weight excluding hydrogens is 352 g/mol. The molecule has 5 nitrogen and oxygen atoms in total. The van der Waals surface area contributed by atoms with Crippen molar-refractivity contribution in [3.63, 3.8) is 0 Å². The van der Waals surface area contributed by atoms with E-state index in [1.165, 1.54) is 5.56 Å².